The molecule has 0 atom stereocenters. The fourth-order valence-electron chi connectivity index (χ4n) is 3.48. The van der Waals surface area contributed by atoms with Crippen molar-refractivity contribution in [2.24, 2.45) is 0 Å². The predicted octanol–water partition coefficient (Wildman–Crippen LogP) is 5.47. The lowest BCUT2D eigenvalue weighted by Crippen LogP contribution is -2.23. The Bertz CT molecular complexity index is 1550. The van der Waals surface area contributed by atoms with Crippen LogP contribution in [0.3, 0.4) is 0 Å². The maximum atomic E-state index is 13.0. The molecule has 5 rings (SSSR count). The Hall–Kier alpha value is -4.18. The normalized spacial score (nSPS) is 11.7. The highest BCUT2D eigenvalue weighted by Gasteiger charge is 2.30. The lowest BCUT2D eigenvalue weighted by Gasteiger charge is -2.11. The molecule has 0 N–H and O–H groups in total. The van der Waals surface area contributed by atoms with E-state index in [0.717, 1.165) is 26.9 Å². The number of hydrogen-bond donors (Lipinski definition) is 0. The van der Waals surface area contributed by atoms with Crippen molar-refractivity contribution in [1.29, 1.82) is 0 Å². The molecule has 0 radical (unpaired) electrons. The summed E-state index contributed by atoms with van der Waals surface area (Å²) in [6.45, 7) is -0.0526. The van der Waals surface area contributed by atoms with E-state index < -0.39 is 17.4 Å². The third-order valence-electron chi connectivity index (χ3n) is 5.19. The van der Waals surface area contributed by atoms with Crippen molar-refractivity contribution in [3.05, 3.63) is 106 Å². The van der Waals surface area contributed by atoms with Gasteiger partial charge in [-0.15, -0.1) is 5.10 Å². The third kappa shape index (κ3) is 4.60. The smallest absolute Gasteiger partial charge is 0.416 e. The van der Waals surface area contributed by atoms with Crippen LogP contribution in [0, 0.1) is 0 Å². The number of fused-ring (bicyclic) bond motifs is 1. The molecule has 2 aromatic carbocycles. The van der Waals surface area contributed by atoms with E-state index >= 15 is 0 Å². The van der Waals surface area contributed by atoms with Crippen molar-refractivity contribution in [1.82, 2.24) is 24.4 Å². The van der Waals surface area contributed by atoms with Crippen LogP contribution in [-0.4, -0.2) is 24.4 Å². The van der Waals surface area contributed by atoms with Gasteiger partial charge in [0.2, 0.25) is 5.65 Å². The standard InChI is InChI=1S/C24H15ClF3N5O2/c25-18-9-5-16(6-10-18)20-13-30-33-22(21(20)35-19-2-1-11-29-12-19)31-32(23(33)34)14-15-3-7-17(8-4-15)24(26,27)28/h1-13H,14H2. The summed E-state index contributed by atoms with van der Waals surface area (Å²) in [6, 6.07) is 14.9. The van der Waals surface area contributed by atoms with Crippen LogP contribution in [0.2, 0.25) is 5.02 Å². The summed E-state index contributed by atoms with van der Waals surface area (Å²) in [6.07, 6.45) is 0.144. The first kappa shape index (κ1) is 22.6. The maximum Gasteiger partial charge on any atom is 0.416 e. The molecule has 7 nitrogen and oxygen atoms in total. The molecule has 176 valence electrons. The van der Waals surface area contributed by atoms with Crippen LogP contribution in [0.4, 0.5) is 13.2 Å². The van der Waals surface area contributed by atoms with Gasteiger partial charge in [-0.1, -0.05) is 35.9 Å². The minimum atomic E-state index is -4.45. The number of benzene rings is 2. The van der Waals surface area contributed by atoms with E-state index in [1.807, 2.05) is 0 Å². The Labute approximate surface area is 201 Å². The number of hydrogen-bond acceptors (Lipinski definition) is 5. The Morgan fingerprint density at radius 2 is 1.71 bits per heavy atom. The Morgan fingerprint density at radius 1 is 0.971 bits per heavy atom. The van der Waals surface area contributed by atoms with Gasteiger partial charge in [0.05, 0.1) is 24.5 Å². The highest BCUT2D eigenvalue weighted by molar-refractivity contribution is 6.30. The van der Waals surface area contributed by atoms with Gasteiger partial charge in [-0.3, -0.25) is 4.98 Å². The molecule has 0 spiro atoms. The molecule has 0 amide bonds. The Kier molecular flexibility index (Phi) is 5.73. The highest BCUT2D eigenvalue weighted by atomic mass is 35.5. The van der Waals surface area contributed by atoms with E-state index in [-0.39, 0.29) is 17.9 Å². The van der Waals surface area contributed by atoms with Crippen molar-refractivity contribution in [2.45, 2.75) is 12.7 Å². The summed E-state index contributed by atoms with van der Waals surface area (Å²) in [4.78, 5) is 17.0. The molecular formula is C24H15ClF3N5O2. The van der Waals surface area contributed by atoms with Crippen LogP contribution in [0.25, 0.3) is 16.8 Å². The summed E-state index contributed by atoms with van der Waals surface area (Å²) < 4.78 is 46.9. The molecule has 0 fully saturated rings. The predicted molar refractivity (Wildman–Crippen MR) is 123 cm³/mol. The molecular weight excluding hydrogens is 483 g/mol. The first-order chi connectivity index (χ1) is 16.8. The fraction of sp³-hybridized carbons (Fsp3) is 0.0833. The molecule has 5 aromatic rings. The van der Waals surface area contributed by atoms with Gasteiger partial charge in [0, 0.05) is 16.8 Å². The zero-order valence-electron chi connectivity index (χ0n) is 17.8. The molecule has 0 aliphatic carbocycles. The number of halogens is 4. The topological polar surface area (TPSA) is 74.3 Å². The van der Waals surface area contributed by atoms with Gasteiger partial charge in [-0.25, -0.2) is 9.48 Å². The van der Waals surface area contributed by atoms with E-state index in [2.05, 4.69) is 15.2 Å². The first-order valence-corrected chi connectivity index (χ1v) is 10.7. The minimum Gasteiger partial charge on any atom is -0.451 e. The van der Waals surface area contributed by atoms with Gasteiger partial charge in [0.15, 0.2) is 5.75 Å². The Morgan fingerprint density at radius 3 is 2.37 bits per heavy atom. The van der Waals surface area contributed by atoms with Crippen LogP contribution >= 0.6 is 11.6 Å². The summed E-state index contributed by atoms with van der Waals surface area (Å²) in [5.41, 5.74) is 0.552. The van der Waals surface area contributed by atoms with E-state index in [9.17, 15) is 18.0 Å². The van der Waals surface area contributed by atoms with Gasteiger partial charge in [-0.05, 0) is 47.5 Å². The molecule has 0 bridgehead atoms. The molecule has 0 saturated carbocycles. The second-order valence-corrected chi connectivity index (χ2v) is 7.99. The summed E-state index contributed by atoms with van der Waals surface area (Å²) in [7, 11) is 0. The number of pyridine rings is 1. The van der Waals surface area contributed by atoms with Crippen molar-refractivity contribution in [2.75, 3.05) is 0 Å². The van der Waals surface area contributed by atoms with Crippen molar-refractivity contribution >= 4 is 17.2 Å². The van der Waals surface area contributed by atoms with Gasteiger partial charge < -0.3 is 4.74 Å². The summed E-state index contributed by atoms with van der Waals surface area (Å²) in [5, 5.41) is 9.17. The lowest BCUT2D eigenvalue weighted by molar-refractivity contribution is -0.137. The van der Waals surface area contributed by atoms with E-state index in [4.69, 9.17) is 16.3 Å². The first-order valence-electron chi connectivity index (χ1n) is 10.3. The zero-order valence-corrected chi connectivity index (χ0v) is 18.5. The molecule has 0 saturated heterocycles. The average molecular weight is 498 g/mol. The second-order valence-electron chi connectivity index (χ2n) is 7.56. The SMILES string of the molecule is O=c1n(Cc2ccc(C(F)(F)F)cc2)nc2c(Oc3cccnc3)c(-c3ccc(Cl)cc3)cnn12. The van der Waals surface area contributed by atoms with Crippen molar-refractivity contribution < 1.29 is 17.9 Å². The van der Waals surface area contributed by atoms with E-state index in [1.54, 1.807) is 42.6 Å². The fourth-order valence-corrected chi connectivity index (χ4v) is 3.60. The summed E-state index contributed by atoms with van der Waals surface area (Å²) in [5.74, 6) is 0.680. The molecule has 0 aliphatic heterocycles. The van der Waals surface area contributed by atoms with Crippen molar-refractivity contribution in [3.8, 4) is 22.6 Å². The summed E-state index contributed by atoms with van der Waals surface area (Å²) >= 11 is 6.02. The van der Waals surface area contributed by atoms with Crippen LogP contribution < -0.4 is 10.4 Å². The minimum absolute atomic E-state index is 0.0526. The second kappa shape index (κ2) is 8.88. The van der Waals surface area contributed by atoms with Crippen LogP contribution in [0.1, 0.15) is 11.1 Å². The molecule has 0 unspecified atom stereocenters. The maximum absolute atomic E-state index is 13.0. The van der Waals surface area contributed by atoms with Crippen LogP contribution in [-0.2, 0) is 12.7 Å². The largest absolute Gasteiger partial charge is 0.451 e. The van der Waals surface area contributed by atoms with Crippen molar-refractivity contribution in [3.63, 3.8) is 0 Å². The van der Waals surface area contributed by atoms with Gasteiger partial charge in [0.1, 0.15) is 5.75 Å². The van der Waals surface area contributed by atoms with E-state index in [0.29, 0.717) is 21.9 Å². The van der Waals surface area contributed by atoms with E-state index in [1.165, 1.54) is 24.5 Å². The third-order valence-corrected chi connectivity index (χ3v) is 5.44. The number of nitrogens with zero attached hydrogens (tertiary/aromatic N) is 5. The average Bonchev–Trinajstić information content (AvgIpc) is 3.16. The number of aromatic nitrogens is 5. The molecule has 11 heteroatoms. The molecule has 3 aromatic heterocycles. The number of rotatable bonds is 5. The molecule has 35 heavy (non-hydrogen) atoms. The highest BCUT2D eigenvalue weighted by Crippen LogP contribution is 2.35. The monoisotopic (exact) mass is 497 g/mol. The molecule has 0 aliphatic rings. The van der Waals surface area contributed by atoms with Crippen LogP contribution in [0.5, 0.6) is 11.5 Å². The van der Waals surface area contributed by atoms with Crippen LogP contribution in [0.15, 0.2) is 84.0 Å². The van der Waals surface area contributed by atoms with Gasteiger partial charge in [-0.2, -0.15) is 22.8 Å². The van der Waals surface area contributed by atoms with Gasteiger partial charge in [0.25, 0.3) is 0 Å². The van der Waals surface area contributed by atoms with Gasteiger partial charge >= 0.3 is 11.9 Å². The molecule has 3 heterocycles. The number of ether oxygens (including phenoxy) is 1. The quantitative estimate of drug-likeness (QED) is 0.322. The zero-order chi connectivity index (χ0) is 24.6. The Balaban J connectivity index is 1.60. The number of alkyl halides is 3. The lowest BCUT2D eigenvalue weighted by atomic mass is 10.1.